The molecule has 0 fully saturated rings. The van der Waals surface area contributed by atoms with Crippen LogP contribution in [0, 0.1) is 0 Å². The number of amides is 1. The van der Waals surface area contributed by atoms with Crippen molar-refractivity contribution in [3.63, 3.8) is 0 Å². The summed E-state index contributed by atoms with van der Waals surface area (Å²) < 4.78 is 11.5. The van der Waals surface area contributed by atoms with E-state index in [-0.39, 0.29) is 18.6 Å². The average Bonchev–Trinajstić information content (AvgIpc) is 2.62. The lowest BCUT2D eigenvalue weighted by atomic mass is 10.1. The smallest absolute Gasteiger partial charge is 0.251 e. The van der Waals surface area contributed by atoms with Crippen LogP contribution in [0.15, 0.2) is 42.5 Å². The first kappa shape index (κ1) is 20.1. The van der Waals surface area contributed by atoms with Crippen LogP contribution in [0.25, 0.3) is 0 Å². The van der Waals surface area contributed by atoms with Crippen molar-refractivity contribution in [1.82, 2.24) is 5.32 Å². The van der Waals surface area contributed by atoms with E-state index in [4.69, 9.17) is 21.1 Å². The van der Waals surface area contributed by atoms with Gasteiger partial charge in [0.15, 0.2) is 0 Å². The summed E-state index contributed by atoms with van der Waals surface area (Å²) in [6.45, 7) is 6.84. The third-order valence-corrected chi connectivity index (χ3v) is 4.25. The van der Waals surface area contributed by atoms with Gasteiger partial charge in [-0.2, -0.15) is 0 Å². The van der Waals surface area contributed by atoms with Crippen molar-refractivity contribution >= 4 is 17.5 Å². The Balaban J connectivity index is 2.16. The number of nitrogens with one attached hydrogen (secondary N) is 1. The molecule has 4 nitrogen and oxygen atoms in total. The zero-order valence-electron chi connectivity index (χ0n) is 15.5. The number of halogens is 1. The van der Waals surface area contributed by atoms with E-state index in [2.05, 4.69) is 12.2 Å². The molecular weight excluding hydrogens is 350 g/mol. The molecule has 26 heavy (non-hydrogen) atoms. The standard InChI is InChI=1S/C21H26ClNO3/c1-4-8-15(3)23-21(24)16-11-12-19(25-5-2)17(13-16)14-26-20-10-7-6-9-18(20)22/h6-7,9-13,15H,4-5,8,14H2,1-3H3,(H,23,24)/t15-/m1/s1. The van der Waals surface area contributed by atoms with E-state index in [1.54, 1.807) is 12.1 Å². The fourth-order valence-electron chi connectivity index (χ4n) is 2.66. The number of carbonyl (C=O) groups is 1. The van der Waals surface area contributed by atoms with E-state index >= 15 is 0 Å². The maximum Gasteiger partial charge on any atom is 0.251 e. The molecule has 2 aromatic rings. The Labute approximate surface area is 160 Å². The molecule has 1 N–H and O–H groups in total. The summed E-state index contributed by atoms with van der Waals surface area (Å²) in [6, 6.07) is 12.8. The lowest BCUT2D eigenvalue weighted by Crippen LogP contribution is -2.32. The molecule has 0 unspecified atom stereocenters. The molecule has 0 saturated carbocycles. The van der Waals surface area contributed by atoms with E-state index in [0.717, 1.165) is 18.4 Å². The minimum Gasteiger partial charge on any atom is -0.493 e. The van der Waals surface area contributed by atoms with Gasteiger partial charge in [0.2, 0.25) is 0 Å². The molecule has 0 saturated heterocycles. The van der Waals surface area contributed by atoms with E-state index in [9.17, 15) is 4.79 Å². The third-order valence-electron chi connectivity index (χ3n) is 3.94. The normalized spacial score (nSPS) is 11.7. The van der Waals surface area contributed by atoms with Gasteiger partial charge in [-0.05, 0) is 50.6 Å². The molecular formula is C21H26ClNO3. The second kappa shape index (κ2) is 10.1. The molecule has 1 atom stereocenters. The third kappa shape index (κ3) is 5.67. The van der Waals surface area contributed by atoms with Crippen LogP contribution in [-0.2, 0) is 6.61 Å². The second-order valence-corrected chi connectivity index (χ2v) is 6.54. The summed E-state index contributed by atoms with van der Waals surface area (Å²) in [6.07, 6.45) is 1.98. The van der Waals surface area contributed by atoms with Crippen molar-refractivity contribution in [2.24, 2.45) is 0 Å². The van der Waals surface area contributed by atoms with Crippen molar-refractivity contribution in [2.75, 3.05) is 6.61 Å². The quantitative estimate of drug-likeness (QED) is 0.652. The fourth-order valence-corrected chi connectivity index (χ4v) is 2.85. The number of hydrogen-bond acceptors (Lipinski definition) is 3. The zero-order valence-corrected chi connectivity index (χ0v) is 16.3. The minimum absolute atomic E-state index is 0.0898. The highest BCUT2D eigenvalue weighted by Crippen LogP contribution is 2.27. The molecule has 0 aromatic heterocycles. The van der Waals surface area contributed by atoms with Crippen LogP contribution < -0.4 is 14.8 Å². The van der Waals surface area contributed by atoms with Gasteiger partial charge in [0.1, 0.15) is 18.1 Å². The number of rotatable bonds is 9. The first-order valence-electron chi connectivity index (χ1n) is 8.99. The first-order valence-corrected chi connectivity index (χ1v) is 9.36. The molecule has 0 aliphatic rings. The molecule has 0 radical (unpaired) electrons. The summed E-state index contributed by atoms with van der Waals surface area (Å²) in [5.74, 6) is 1.22. The van der Waals surface area contributed by atoms with Crippen LogP contribution in [0.4, 0.5) is 0 Å². The predicted octanol–water partition coefficient (Wildman–Crippen LogP) is 5.24. The van der Waals surface area contributed by atoms with Crippen LogP contribution in [-0.4, -0.2) is 18.6 Å². The van der Waals surface area contributed by atoms with E-state index in [0.29, 0.717) is 28.7 Å². The molecule has 1 amide bonds. The van der Waals surface area contributed by atoms with Crippen molar-refractivity contribution < 1.29 is 14.3 Å². The maximum atomic E-state index is 12.5. The maximum absolute atomic E-state index is 12.5. The fraction of sp³-hybridized carbons (Fsp3) is 0.381. The largest absolute Gasteiger partial charge is 0.493 e. The monoisotopic (exact) mass is 375 g/mol. The van der Waals surface area contributed by atoms with E-state index in [1.165, 1.54) is 0 Å². The molecule has 2 aromatic carbocycles. The molecule has 140 valence electrons. The number of benzene rings is 2. The Hall–Kier alpha value is -2.20. The van der Waals surface area contributed by atoms with Crippen molar-refractivity contribution in [3.05, 3.63) is 58.6 Å². The van der Waals surface area contributed by atoms with Gasteiger partial charge >= 0.3 is 0 Å². The summed E-state index contributed by atoms with van der Waals surface area (Å²) in [7, 11) is 0. The van der Waals surface area contributed by atoms with Gasteiger partial charge in [-0.25, -0.2) is 0 Å². The minimum atomic E-state index is -0.0898. The number of hydrogen-bond donors (Lipinski definition) is 1. The SMILES string of the molecule is CCC[C@@H](C)NC(=O)c1ccc(OCC)c(COc2ccccc2Cl)c1. The Morgan fingerprint density at radius 2 is 1.88 bits per heavy atom. The summed E-state index contributed by atoms with van der Waals surface area (Å²) in [4.78, 5) is 12.5. The van der Waals surface area contributed by atoms with E-state index < -0.39 is 0 Å². The van der Waals surface area contributed by atoms with Crippen LogP contribution in [0.3, 0.4) is 0 Å². The second-order valence-electron chi connectivity index (χ2n) is 6.14. The van der Waals surface area contributed by atoms with Crippen molar-refractivity contribution in [3.8, 4) is 11.5 Å². The summed E-state index contributed by atoms with van der Waals surface area (Å²) in [5.41, 5.74) is 1.40. The van der Waals surface area contributed by atoms with Gasteiger partial charge in [-0.3, -0.25) is 4.79 Å². The average molecular weight is 376 g/mol. The highest BCUT2D eigenvalue weighted by Gasteiger charge is 2.13. The number of carbonyl (C=O) groups excluding carboxylic acids is 1. The molecule has 0 heterocycles. The Bertz CT molecular complexity index is 733. The van der Waals surface area contributed by atoms with Crippen LogP contribution in [0.2, 0.25) is 5.02 Å². The molecule has 5 heteroatoms. The number of para-hydroxylation sites is 1. The lowest BCUT2D eigenvalue weighted by molar-refractivity contribution is 0.0938. The summed E-state index contributed by atoms with van der Waals surface area (Å²) >= 11 is 6.14. The summed E-state index contributed by atoms with van der Waals surface area (Å²) in [5, 5.41) is 3.57. The molecule has 0 bridgehead atoms. The molecule has 2 rings (SSSR count). The van der Waals surface area contributed by atoms with E-state index in [1.807, 2.05) is 44.2 Å². The van der Waals surface area contributed by atoms with Crippen LogP contribution in [0.1, 0.15) is 49.5 Å². The number of ether oxygens (including phenoxy) is 2. The van der Waals surface area contributed by atoms with Crippen LogP contribution in [0.5, 0.6) is 11.5 Å². The van der Waals surface area contributed by atoms with Gasteiger partial charge in [0.05, 0.1) is 11.6 Å². The molecule has 0 aliphatic carbocycles. The van der Waals surface area contributed by atoms with Crippen molar-refractivity contribution in [2.45, 2.75) is 46.3 Å². The Morgan fingerprint density at radius 3 is 2.58 bits per heavy atom. The van der Waals surface area contributed by atoms with Gasteiger partial charge in [0.25, 0.3) is 5.91 Å². The Morgan fingerprint density at radius 1 is 1.12 bits per heavy atom. The molecule has 0 spiro atoms. The highest BCUT2D eigenvalue weighted by molar-refractivity contribution is 6.32. The molecule has 0 aliphatic heterocycles. The highest BCUT2D eigenvalue weighted by atomic mass is 35.5. The topological polar surface area (TPSA) is 47.6 Å². The first-order chi connectivity index (χ1) is 12.5. The van der Waals surface area contributed by atoms with Crippen LogP contribution >= 0.6 is 11.6 Å². The predicted molar refractivity (Wildman–Crippen MR) is 105 cm³/mol. The van der Waals surface area contributed by atoms with Gasteiger partial charge in [0, 0.05) is 17.2 Å². The Kier molecular flexibility index (Phi) is 7.79. The zero-order chi connectivity index (χ0) is 18.9. The van der Waals surface area contributed by atoms with Crippen molar-refractivity contribution in [1.29, 1.82) is 0 Å². The lowest BCUT2D eigenvalue weighted by Gasteiger charge is -2.16. The van der Waals surface area contributed by atoms with Gasteiger partial charge in [-0.1, -0.05) is 37.1 Å². The van der Waals surface area contributed by atoms with Gasteiger partial charge < -0.3 is 14.8 Å². The van der Waals surface area contributed by atoms with Gasteiger partial charge in [-0.15, -0.1) is 0 Å².